The van der Waals surface area contributed by atoms with Crippen LogP contribution in [0.2, 0.25) is 0 Å². The van der Waals surface area contributed by atoms with Gasteiger partial charge in [-0.25, -0.2) is 4.98 Å². The largest absolute Gasteiger partial charge is 0.490 e. The van der Waals surface area contributed by atoms with Crippen molar-refractivity contribution in [1.29, 1.82) is 0 Å². The summed E-state index contributed by atoms with van der Waals surface area (Å²) in [6, 6.07) is 18.2. The number of hydrogen-bond donors (Lipinski definition) is 2. The number of aromatic nitrogens is 3. The molecule has 2 aromatic carbocycles. The van der Waals surface area contributed by atoms with E-state index in [1.807, 2.05) is 66.2 Å². The molecule has 2 fully saturated rings. The molecule has 0 bridgehead atoms. The van der Waals surface area contributed by atoms with E-state index in [-0.39, 0.29) is 11.9 Å². The first-order chi connectivity index (χ1) is 19.5. The Morgan fingerprint density at radius 2 is 1.88 bits per heavy atom. The number of rotatable bonds is 8. The predicted octanol–water partition coefficient (Wildman–Crippen LogP) is 5.35. The molecule has 1 aliphatic carbocycles. The third-order valence-corrected chi connectivity index (χ3v) is 7.73. The van der Waals surface area contributed by atoms with Gasteiger partial charge in [0, 0.05) is 42.9 Å². The molecule has 1 saturated heterocycles. The standard InChI is InChI=1S/C32H36N6O2/c1-22-18-38(21-35-22)28-15-23(19-37-13-3-4-26(33)20-37)14-27(17-28)36-32(39)31-16-25(11-12-34-31)24-7-9-30(10-8-24)40-29-5-2-6-29/h7-12,14-18,21,26,29H,2-6,13,19-20,33H2,1H3,(H,36,39)/t26-/m0/s1. The molecular formula is C32H36N6O2. The number of nitrogens with two attached hydrogens (primary N) is 1. The van der Waals surface area contributed by atoms with E-state index >= 15 is 0 Å². The number of amides is 1. The van der Waals surface area contributed by atoms with Gasteiger partial charge in [0.25, 0.3) is 5.91 Å². The highest BCUT2D eigenvalue weighted by Gasteiger charge is 2.20. The SMILES string of the molecule is Cc1cn(-c2cc(CN3CCC[C@H](N)C3)cc(NC(=O)c3cc(-c4ccc(OC5CCC5)cc4)ccn3)c2)cn1. The fourth-order valence-electron chi connectivity index (χ4n) is 5.38. The molecule has 0 spiro atoms. The average Bonchev–Trinajstić information content (AvgIpc) is 3.37. The summed E-state index contributed by atoms with van der Waals surface area (Å²) < 4.78 is 7.96. The molecule has 3 heterocycles. The van der Waals surface area contributed by atoms with Crippen molar-refractivity contribution in [1.82, 2.24) is 19.4 Å². The van der Waals surface area contributed by atoms with E-state index in [0.29, 0.717) is 11.8 Å². The molecule has 0 unspecified atom stereocenters. The van der Waals surface area contributed by atoms with Gasteiger partial charge < -0.3 is 20.4 Å². The highest BCUT2D eigenvalue weighted by atomic mass is 16.5. The topological polar surface area (TPSA) is 98.3 Å². The Kier molecular flexibility index (Phi) is 7.62. The fourth-order valence-corrected chi connectivity index (χ4v) is 5.38. The second-order valence-electron chi connectivity index (χ2n) is 11.0. The van der Waals surface area contributed by atoms with Crippen molar-refractivity contribution in [2.75, 3.05) is 18.4 Å². The van der Waals surface area contributed by atoms with Gasteiger partial charge in [0.05, 0.1) is 18.1 Å². The molecule has 1 aliphatic heterocycles. The van der Waals surface area contributed by atoms with Gasteiger partial charge in [-0.2, -0.15) is 0 Å². The van der Waals surface area contributed by atoms with Crippen molar-refractivity contribution in [3.63, 3.8) is 0 Å². The monoisotopic (exact) mass is 536 g/mol. The number of anilines is 1. The Labute approximate surface area is 235 Å². The van der Waals surface area contributed by atoms with Crippen LogP contribution in [0.4, 0.5) is 5.69 Å². The second kappa shape index (κ2) is 11.6. The van der Waals surface area contributed by atoms with Crippen molar-refractivity contribution in [3.8, 4) is 22.6 Å². The first-order valence-corrected chi connectivity index (χ1v) is 14.2. The van der Waals surface area contributed by atoms with Gasteiger partial charge in [0.2, 0.25) is 0 Å². The van der Waals surface area contributed by atoms with Gasteiger partial charge in [-0.15, -0.1) is 0 Å². The molecule has 206 valence electrons. The molecule has 1 saturated carbocycles. The maximum Gasteiger partial charge on any atom is 0.274 e. The van der Waals surface area contributed by atoms with Gasteiger partial charge in [0.1, 0.15) is 11.4 Å². The van der Waals surface area contributed by atoms with Crippen LogP contribution in [-0.4, -0.2) is 50.6 Å². The predicted molar refractivity (Wildman–Crippen MR) is 157 cm³/mol. The lowest BCUT2D eigenvalue weighted by molar-refractivity contribution is 0.102. The van der Waals surface area contributed by atoms with Crippen LogP contribution < -0.4 is 15.8 Å². The van der Waals surface area contributed by atoms with E-state index in [2.05, 4.69) is 26.3 Å². The van der Waals surface area contributed by atoms with Gasteiger partial charge in [0.15, 0.2) is 0 Å². The molecule has 8 heteroatoms. The molecule has 40 heavy (non-hydrogen) atoms. The molecule has 6 rings (SSSR count). The number of piperidine rings is 1. The summed E-state index contributed by atoms with van der Waals surface area (Å²) >= 11 is 0. The van der Waals surface area contributed by atoms with Crippen molar-refractivity contribution in [2.45, 2.75) is 57.7 Å². The van der Waals surface area contributed by atoms with Crippen LogP contribution in [0.5, 0.6) is 5.75 Å². The molecule has 4 aromatic rings. The van der Waals surface area contributed by atoms with Crippen LogP contribution in [0.3, 0.4) is 0 Å². The molecule has 2 aliphatic rings. The van der Waals surface area contributed by atoms with Crippen molar-refractivity contribution >= 4 is 11.6 Å². The quantitative estimate of drug-likeness (QED) is 0.315. The minimum atomic E-state index is -0.253. The van der Waals surface area contributed by atoms with E-state index < -0.39 is 0 Å². The summed E-state index contributed by atoms with van der Waals surface area (Å²) in [5, 5.41) is 3.09. The number of nitrogens with one attached hydrogen (secondary N) is 1. The van der Waals surface area contributed by atoms with Crippen LogP contribution >= 0.6 is 0 Å². The maximum absolute atomic E-state index is 13.4. The summed E-state index contributed by atoms with van der Waals surface area (Å²) in [4.78, 5) is 24.5. The second-order valence-corrected chi connectivity index (χ2v) is 11.0. The number of ether oxygens (including phenoxy) is 1. The zero-order chi connectivity index (χ0) is 27.5. The van der Waals surface area contributed by atoms with Gasteiger partial charge in [-0.3, -0.25) is 14.7 Å². The van der Waals surface area contributed by atoms with Crippen LogP contribution in [0, 0.1) is 6.92 Å². The van der Waals surface area contributed by atoms with Crippen molar-refractivity contribution in [2.24, 2.45) is 5.73 Å². The lowest BCUT2D eigenvalue weighted by atomic mass is 9.96. The first kappa shape index (κ1) is 26.2. The van der Waals surface area contributed by atoms with E-state index in [1.54, 1.807) is 12.5 Å². The van der Waals surface area contributed by atoms with Crippen LogP contribution in [0.25, 0.3) is 16.8 Å². The Morgan fingerprint density at radius 3 is 2.60 bits per heavy atom. The third kappa shape index (κ3) is 6.24. The van der Waals surface area contributed by atoms with Crippen LogP contribution in [-0.2, 0) is 6.54 Å². The highest BCUT2D eigenvalue weighted by Crippen LogP contribution is 2.28. The van der Waals surface area contributed by atoms with Crippen LogP contribution in [0.1, 0.15) is 53.8 Å². The normalized spacial score (nSPS) is 17.8. The van der Waals surface area contributed by atoms with E-state index in [4.69, 9.17) is 10.5 Å². The molecule has 8 nitrogen and oxygen atoms in total. The number of imidazole rings is 1. The summed E-state index contributed by atoms with van der Waals surface area (Å²) in [5.41, 5.74) is 12.2. The molecule has 1 atom stereocenters. The minimum Gasteiger partial charge on any atom is -0.490 e. The Balaban J connectivity index is 1.21. The van der Waals surface area contributed by atoms with E-state index in [1.165, 1.54) is 6.42 Å². The molecule has 1 amide bonds. The fraction of sp³-hybridized carbons (Fsp3) is 0.344. The number of nitrogens with zero attached hydrogens (tertiary/aromatic N) is 4. The number of pyridine rings is 1. The van der Waals surface area contributed by atoms with Gasteiger partial charge in [-0.1, -0.05) is 12.1 Å². The third-order valence-electron chi connectivity index (χ3n) is 7.73. The lowest BCUT2D eigenvalue weighted by Gasteiger charge is -2.30. The summed E-state index contributed by atoms with van der Waals surface area (Å²) in [6.45, 7) is 4.63. The number of aryl methyl sites for hydroxylation is 1. The highest BCUT2D eigenvalue weighted by molar-refractivity contribution is 6.03. The molecule has 0 radical (unpaired) electrons. The average molecular weight is 537 g/mol. The summed E-state index contributed by atoms with van der Waals surface area (Å²) in [5.74, 6) is 0.632. The van der Waals surface area contributed by atoms with Crippen LogP contribution in [0.15, 0.2) is 73.3 Å². The first-order valence-electron chi connectivity index (χ1n) is 14.2. The molecular weight excluding hydrogens is 500 g/mol. The molecule has 2 aromatic heterocycles. The Hall–Kier alpha value is -4.01. The zero-order valence-corrected chi connectivity index (χ0v) is 22.9. The number of carbonyl (C=O) groups is 1. The van der Waals surface area contributed by atoms with E-state index in [0.717, 1.165) is 84.8 Å². The summed E-state index contributed by atoms with van der Waals surface area (Å²) in [6.07, 6.45) is 11.5. The van der Waals surface area contributed by atoms with Crippen molar-refractivity contribution < 1.29 is 9.53 Å². The summed E-state index contributed by atoms with van der Waals surface area (Å²) in [7, 11) is 0. The zero-order valence-electron chi connectivity index (χ0n) is 22.9. The maximum atomic E-state index is 13.4. The molecule has 3 N–H and O–H groups in total. The minimum absolute atomic E-state index is 0.206. The Bertz CT molecular complexity index is 1480. The van der Waals surface area contributed by atoms with Gasteiger partial charge >= 0.3 is 0 Å². The smallest absolute Gasteiger partial charge is 0.274 e. The van der Waals surface area contributed by atoms with Crippen molar-refractivity contribution in [3.05, 3.63) is 90.3 Å². The van der Waals surface area contributed by atoms with Gasteiger partial charge in [-0.05, 0) is 105 Å². The number of likely N-dealkylation sites (tertiary alicyclic amines) is 1. The Morgan fingerprint density at radius 1 is 1.02 bits per heavy atom. The number of benzene rings is 2. The number of carbonyl (C=O) groups excluding carboxylic acids is 1. The lowest BCUT2D eigenvalue weighted by Crippen LogP contribution is -2.42. The number of hydrogen-bond acceptors (Lipinski definition) is 6. The van der Waals surface area contributed by atoms with E-state index in [9.17, 15) is 4.79 Å².